The summed E-state index contributed by atoms with van der Waals surface area (Å²) in [5.74, 6) is 0.219. The molecule has 4 aromatic rings. The molecule has 1 aliphatic rings. The molecule has 0 saturated carbocycles. The van der Waals surface area contributed by atoms with Crippen molar-refractivity contribution in [2.24, 2.45) is 12.0 Å². The molecule has 0 amide bonds. The van der Waals surface area contributed by atoms with Crippen LogP contribution in [0.3, 0.4) is 0 Å². The molecular weight excluding hydrogens is 510 g/mol. The first-order valence-electron chi connectivity index (χ1n) is 13.0. The summed E-state index contributed by atoms with van der Waals surface area (Å²) in [6.45, 7) is 8.51. The molecular formula is C31H31N3O4S. The molecule has 0 radical (unpaired) electrons. The van der Waals surface area contributed by atoms with E-state index < -0.39 is 12.0 Å². The van der Waals surface area contributed by atoms with E-state index in [4.69, 9.17) is 14.5 Å². The van der Waals surface area contributed by atoms with Crippen molar-refractivity contribution in [2.75, 3.05) is 13.2 Å². The molecule has 1 aliphatic heterocycles. The Balaban J connectivity index is 1.81. The fraction of sp³-hybridized carbons (Fsp3) is 0.258. The lowest BCUT2D eigenvalue weighted by Crippen LogP contribution is -2.40. The van der Waals surface area contributed by atoms with Gasteiger partial charge in [-0.3, -0.25) is 9.36 Å². The highest BCUT2D eigenvalue weighted by molar-refractivity contribution is 7.07. The number of nitrogens with zero attached hydrogens (tertiary/aromatic N) is 3. The molecule has 39 heavy (non-hydrogen) atoms. The van der Waals surface area contributed by atoms with Gasteiger partial charge in [0.05, 0.1) is 35.1 Å². The first kappa shape index (κ1) is 26.4. The molecule has 3 heterocycles. The largest absolute Gasteiger partial charge is 0.494 e. The lowest BCUT2D eigenvalue weighted by atomic mass is 9.93. The van der Waals surface area contributed by atoms with Gasteiger partial charge in [0.2, 0.25) is 0 Å². The van der Waals surface area contributed by atoms with Crippen LogP contribution in [-0.2, 0) is 16.6 Å². The van der Waals surface area contributed by atoms with Gasteiger partial charge in [0.1, 0.15) is 5.75 Å². The van der Waals surface area contributed by atoms with Crippen LogP contribution >= 0.6 is 11.3 Å². The van der Waals surface area contributed by atoms with Crippen LogP contribution in [0.4, 0.5) is 0 Å². The normalized spacial score (nSPS) is 15.2. The zero-order valence-electron chi connectivity index (χ0n) is 22.7. The lowest BCUT2D eigenvalue weighted by molar-refractivity contribution is -0.138. The predicted molar refractivity (Wildman–Crippen MR) is 154 cm³/mol. The Hall–Kier alpha value is -4.17. The lowest BCUT2D eigenvalue weighted by Gasteiger charge is -2.26. The van der Waals surface area contributed by atoms with Gasteiger partial charge in [-0.1, -0.05) is 53.8 Å². The van der Waals surface area contributed by atoms with E-state index in [0.29, 0.717) is 33.0 Å². The van der Waals surface area contributed by atoms with Crippen molar-refractivity contribution >= 4 is 29.1 Å². The molecule has 0 saturated heterocycles. The minimum absolute atomic E-state index is 0.201. The summed E-state index contributed by atoms with van der Waals surface area (Å²) in [6.07, 6.45) is 1.91. The second kappa shape index (κ2) is 10.9. The van der Waals surface area contributed by atoms with Crippen molar-refractivity contribution < 1.29 is 14.3 Å². The molecule has 0 unspecified atom stereocenters. The Labute approximate surface area is 231 Å². The molecule has 8 heteroatoms. The van der Waals surface area contributed by atoms with Crippen LogP contribution in [0.1, 0.15) is 48.0 Å². The van der Waals surface area contributed by atoms with E-state index in [1.54, 1.807) is 11.5 Å². The number of fused-ring (bicyclic) bond motifs is 1. The van der Waals surface area contributed by atoms with Crippen molar-refractivity contribution in [2.45, 2.75) is 33.7 Å². The molecule has 5 rings (SSSR count). The number of benzene rings is 2. The smallest absolute Gasteiger partial charge is 0.338 e. The number of rotatable bonds is 7. The van der Waals surface area contributed by atoms with Crippen LogP contribution in [0.15, 0.2) is 76.0 Å². The number of aromatic nitrogens is 2. The molecule has 2 aromatic carbocycles. The highest BCUT2D eigenvalue weighted by Crippen LogP contribution is 2.35. The van der Waals surface area contributed by atoms with E-state index in [0.717, 1.165) is 28.1 Å². The Kier molecular flexibility index (Phi) is 7.39. The zero-order valence-corrected chi connectivity index (χ0v) is 23.5. The first-order valence-corrected chi connectivity index (χ1v) is 13.8. The van der Waals surface area contributed by atoms with Crippen LogP contribution in [0.25, 0.3) is 11.8 Å². The summed E-state index contributed by atoms with van der Waals surface area (Å²) in [6, 6.07) is 18.4. The number of esters is 1. The van der Waals surface area contributed by atoms with E-state index in [9.17, 15) is 9.59 Å². The SMILES string of the molecule is CCOC(=O)C1=C(c2ccccc2)N=c2s/c(=C/c3cc(C)n(C)c3C)c(=O)n2[C@H]1c1ccc(OCC)cc1. The number of ether oxygens (including phenoxy) is 2. The predicted octanol–water partition coefficient (Wildman–Crippen LogP) is 4.29. The number of carbonyl (C=O) groups excluding carboxylic acids is 1. The molecule has 0 fully saturated rings. The topological polar surface area (TPSA) is 74.8 Å². The average molecular weight is 542 g/mol. The molecule has 0 N–H and O–H groups in total. The second-order valence-corrected chi connectivity index (χ2v) is 10.3. The monoisotopic (exact) mass is 541 g/mol. The third-order valence-corrected chi connectivity index (χ3v) is 7.96. The molecule has 0 aliphatic carbocycles. The molecule has 200 valence electrons. The van der Waals surface area contributed by atoms with Crippen molar-refractivity contribution in [3.8, 4) is 5.75 Å². The van der Waals surface area contributed by atoms with Crippen molar-refractivity contribution in [3.05, 3.63) is 114 Å². The standard InChI is InChI=1S/C31H31N3O4S/c1-6-37-24-15-13-22(14-16-24)28-26(30(36)38-7-2)27(21-11-9-8-10-12-21)32-31-34(28)29(35)25(39-31)18-23-17-19(3)33(5)20(23)4/h8-18,28H,6-7H2,1-5H3/b25-18+/t28-/m0/s1. The Morgan fingerprint density at radius 1 is 1.05 bits per heavy atom. The summed E-state index contributed by atoms with van der Waals surface area (Å²) in [4.78, 5) is 33.0. The summed E-state index contributed by atoms with van der Waals surface area (Å²) in [5, 5.41) is 0. The van der Waals surface area contributed by atoms with Crippen LogP contribution in [0, 0.1) is 13.8 Å². The van der Waals surface area contributed by atoms with Gasteiger partial charge in [-0.05, 0) is 63.1 Å². The maximum Gasteiger partial charge on any atom is 0.338 e. The zero-order chi connectivity index (χ0) is 27.7. The maximum absolute atomic E-state index is 14.0. The second-order valence-electron chi connectivity index (χ2n) is 9.32. The summed E-state index contributed by atoms with van der Waals surface area (Å²) < 4.78 is 15.4. The van der Waals surface area contributed by atoms with Gasteiger partial charge in [-0.2, -0.15) is 0 Å². The van der Waals surface area contributed by atoms with E-state index in [1.807, 2.05) is 88.5 Å². The van der Waals surface area contributed by atoms with Gasteiger partial charge in [-0.15, -0.1) is 0 Å². The third kappa shape index (κ3) is 4.88. The van der Waals surface area contributed by atoms with Gasteiger partial charge in [-0.25, -0.2) is 9.79 Å². The number of carbonyl (C=O) groups is 1. The minimum Gasteiger partial charge on any atom is -0.494 e. The van der Waals surface area contributed by atoms with Crippen molar-refractivity contribution in [1.82, 2.24) is 9.13 Å². The fourth-order valence-electron chi connectivity index (χ4n) is 4.84. The number of thiazole rings is 1. The first-order chi connectivity index (χ1) is 18.8. The molecule has 0 spiro atoms. The summed E-state index contributed by atoms with van der Waals surface area (Å²) in [5.41, 5.74) is 5.34. The highest BCUT2D eigenvalue weighted by Gasteiger charge is 2.35. The molecule has 0 bridgehead atoms. The minimum atomic E-state index is -0.716. The van der Waals surface area contributed by atoms with Gasteiger partial charge >= 0.3 is 5.97 Å². The van der Waals surface area contributed by atoms with E-state index in [2.05, 4.69) is 10.6 Å². The maximum atomic E-state index is 14.0. The van der Waals surface area contributed by atoms with Gasteiger partial charge in [0.25, 0.3) is 5.56 Å². The van der Waals surface area contributed by atoms with Crippen LogP contribution in [0.5, 0.6) is 5.75 Å². The highest BCUT2D eigenvalue weighted by atomic mass is 32.1. The van der Waals surface area contributed by atoms with E-state index in [1.165, 1.54) is 11.3 Å². The Bertz CT molecular complexity index is 1740. The Morgan fingerprint density at radius 3 is 2.38 bits per heavy atom. The van der Waals surface area contributed by atoms with Crippen molar-refractivity contribution in [3.63, 3.8) is 0 Å². The van der Waals surface area contributed by atoms with E-state index >= 15 is 0 Å². The van der Waals surface area contributed by atoms with Crippen molar-refractivity contribution in [1.29, 1.82) is 0 Å². The molecule has 2 aromatic heterocycles. The van der Waals surface area contributed by atoms with Gasteiger partial charge < -0.3 is 14.0 Å². The Morgan fingerprint density at radius 2 is 1.77 bits per heavy atom. The van der Waals surface area contributed by atoms with E-state index in [-0.39, 0.29) is 12.2 Å². The van der Waals surface area contributed by atoms with Crippen LogP contribution in [-0.4, -0.2) is 28.3 Å². The summed E-state index contributed by atoms with van der Waals surface area (Å²) >= 11 is 1.32. The third-order valence-electron chi connectivity index (χ3n) is 6.98. The molecule has 1 atom stereocenters. The van der Waals surface area contributed by atoms with Crippen LogP contribution in [0.2, 0.25) is 0 Å². The quantitative estimate of drug-likeness (QED) is 0.327. The van der Waals surface area contributed by atoms with Gasteiger partial charge in [0.15, 0.2) is 4.80 Å². The van der Waals surface area contributed by atoms with Gasteiger partial charge in [0, 0.05) is 24.0 Å². The number of hydrogen-bond donors (Lipinski definition) is 0. The average Bonchev–Trinajstić information content (AvgIpc) is 3.38. The molecule has 7 nitrogen and oxygen atoms in total. The number of aryl methyl sites for hydroxylation is 1. The summed E-state index contributed by atoms with van der Waals surface area (Å²) in [7, 11) is 2.01. The number of hydrogen-bond acceptors (Lipinski definition) is 6. The fourth-order valence-corrected chi connectivity index (χ4v) is 5.83. The van der Waals surface area contributed by atoms with Crippen LogP contribution < -0.4 is 19.6 Å².